The number of allylic oxidation sites excluding steroid dienone is 2. The van der Waals surface area contributed by atoms with E-state index in [9.17, 15) is 24.0 Å². The van der Waals surface area contributed by atoms with E-state index in [-0.39, 0.29) is 35.2 Å². The first-order valence-corrected chi connectivity index (χ1v) is 13.3. The summed E-state index contributed by atoms with van der Waals surface area (Å²) in [5.74, 6) is -1.36. The number of amides is 3. The Balaban J connectivity index is 1.19. The number of carbonyl (C=O) groups is 5. The minimum absolute atomic E-state index is 0.0979. The number of likely N-dealkylation sites (tertiary alicyclic amines) is 1. The molecule has 3 aliphatic rings. The van der Waals surface area contributed by atoms with Crippen LogP contribution in [0.4, 0.5) is 11.5 Å². The highest BCUT2D eigenvalue weighted by Crippen LogP contribution is 2.67. The van der Waals surface area contributed by atoms with Crippen molar-refractivity contribution in [1.29, 1.82) is 0 Å². The van der Waals surface area contributed by atoms with Crippen molar-refractivity contribution < 1.29 is 28.7 Å². The summed E-state index contributed by atoms with van der Waals surface area (Å²) in [5, 5.41) is 5.33. The standard InChI is InChI=1S/C29H29N7O6/c1-14-23(28(41)42-5)24-25(30-14)19(38)9-20-29(24)10-16(29)11-36(20)22(39)7-6-18-8-17(12-34(18)3)32-27(40)26-33-21(13-35(26)4)31-15(2)37/h6-9,12-13,16,30H,10-11H2,1-5H3,(H,31,37)(H,32,40)/b7-6+. The molecule has 3 aromatic rings. The first-order chi connectivity index (χ1) is 19.9. The number of imidazole rings is 1. The van der Waals surface area contributed by atoms with Crippen molar-refractivity contribution >= 4 is 47.1 Å². The number of hydrogen-bond acceptors (Lipinski definition) is 7. The number of aryl methyl sites for hydroxylation is 3. The van der Waals surface area contributed by atoms with Gasteiger partial charge in [-0.3, -0.25) is 19.2 Å². The van der Waals surface area contributed by atoms with Crippen LogP contribution in [-0.2, 0) is 33.8 Å². The number of fused-ring (bicyclic) bond motifs is 1. The maximum Gasteiger partial charge on any atom is 0.340 e. The first kappa shape index (κ1) is 27.0. The van der Waals surface area contributed by atoms with Crippen molar-refractivity contribution in [1.82, 2.24) is 24.0 Å². The molecule has 2 fully saturated rings. The number of rotatable bonds is 6. The summed E-state index contributed by atoms with van der Waals surface area (Å²) >= 11 is 0. The van der Waals surface area contributed by atoms with E-state index >= 15 is 0 Å². The van der Waals surface area contributed by atoms with Crippen LogP contribution in [0.15, 0.2) is 36.3 Å². The second-order valence-corrected chi connectivity index (χ2v) is 10.9. The molecule has 2 unspecified atom stereocenters. The molecule has 4 heterocycles. The van der Waals surface area contributed by atoms with E-state index in [0.717, 1.165) is 6.42 Å². The third kappa shape index (κ3) is 4.07. The van der Waals surface area contributed by atoms with E-state index in [1.54, 1.807) is 48.8 Å². The Bertz CT molecular complexity index is 1790. The highest BCUT2D eigenvalue weighted by atomic mass is 16.5. The average Bonchev–Trinajstić information content (AvgIpc) is 3.23. The molecule has 1 aliphatic heterocycles. The van der Waals surface area contributed by atoms with Gasteiger partial charge < -0.3 is 34.4 Å². The predicted octanol–water partition coefficient (Wildman–Crippen LogP) is 2.29. The van der Waals surface area contributed by atoms with Gasteiger partial charge in [0.1, 0.15) is 0 Å². The van der Waals surface area contributed by atoms with Gasteiger partial charge in [-0.25, -0.2) is 9.78 Å². The molecule has 13 nitrogen and oxygen atoms in total. The SMILES string of the molecule is COC(=O)c1c(C)[nH]c2c1C13CC1CN(C(=O)/C=C/c1cc(NC(=O)c4nc(NC(C)=O)cn4C)cn1C)C3=CC2=O. The lowest BCUT2D eigenvalue weighted by Gasteiger charge is -2.27. The average molecular weight is 572 g/mol. The van der Waals surface area contributed by atoms with Gasteiger partial charge in [-0.05, 0) is 31.4 Å². The fourth-order valence-electron chi connectivity index (χ4n) is 6.25. The van der Waals surface area contributed by atoms with Gasteiger partial charge >= 0.3 is 5.97 Å². The highest BCUT2D eigenvalue weighted by molar-refractivity contribution is 6.11. The summed E-state index contributed by atoms with van der Waals surface area (Å²) in [4.78, 5) is 72.0. The highest BCUT2D eigenvalue weighted by Gasteiger charge is 2.68. The monoisotopic (exact) mass is 571 g/mol. The molecule has 1 spiro atoms. The lowest BCUT2D eigenvalue weighted by atomic mass is 9.82. The van der Waals surface area contributed by atoms with Crippen LogP contribution in [0.2, 0.25) is 0 Å². The molecule has 2 aliphatic carbocycles. The zero-order valence-corrected chi connectivity index (χ0v) is 23.7. The van der Waals surface area contributed by atoms with Gasteiger partial charge in [-0.1, -0.05) is 0 Å². The van der Waals surface area contributed by atoms with E-state index in [4.69, 9.17) is 4.74 Å². The van der Waals surface area contributed by atoms with Gasteiger partial charge in [0.05, 0.1) is 24.1 Å². The molecule has 0 aromatic carbocycles. The number of methoxy groups -OCH3 is 1. The van der Waals surface area contributed by atoms with Crippen LogP contribution in [-0.4, -0.2) is 67.1 Å². The third-order valence-corrected chi connectivity index (χ3v) is 8.14. The number of nitrogens with one attached hydrogen (secondary N) is 3. The van der Waals surface area contributed by atoms with E-state index in [1.807, 2.05) is 0 Å². The molecule has 2 atom stereocenters. The number of ketones is 1. The Morgan fingerprint density at radius 3 is 2.64 bits per heavy atom. The van der Waals surface area contributed by atoms with Crippen molar-refractivity contribution in [2.45, 2.75) is 25.7 Å². The number of ether oxygens (including phenoxy) is 1. The smallest absolute Gasteiger partial charge is 0.340 e. The second-order valence-electron chi connectivity index (χ2n) is 10.9. The number of aromatic amines is 1. The van der Waals surface area contributed by atoms with E-state index in [0.29, 0.717) is 46.1 Å². The number of carbonyl (C=O) groups excluding carboxylic acids is 5. The maximum atomic E-state index is 13.4. The number of hydrogen-bond donors (Lipinski definition) is 3. The molecule has 216 valence electrons. The summed E-state index contributed by atoms with van der Waals surface area (Å²) < 4.78 is 8.27. The van der Waals surface area contributed by atoms with Gasteiger partial charge in [0.15, 0.2) is 5.82 Å². The molecule has 42 heavy (non-hydrogen) atoms. The lowest BCUT2D eigenvalue weighted by molar-refractivity contribution is -0.124. The summed E-state index contributed by atoms with van der Waals surface area (Å²) in [6.45, 7) is 3.53. The fourth-order valence-corrected chi connectivity index (χ4v) is 6.25. The maximum absolute atomic E-state index is 13.4. The molecule has 3 aromatic heterocycles. The number of esters is 1. The molecule has 1 saturated heterocycles. The quantitative estimate of drug-likeness (QED) is 0.302. The van der Waals surface area contributed by atoms with E-state index in [2.05, 4.69) is 20.6 Å². The normalized spacial score (nSPS) is 20.1. The third-order valence-electron chi connectivity index (χ3n) is 8.14. The topological polar surface area (TPSA) is 160 Å². The van der Waals surface area contributed by atoms with Crippen molar-refractivity contribution in [3.05, 3.63) is 70.3 Å². The Hall–Kier alpha value is -5.20. The summed E-state index contributed by atoms with van der Waals surface area (Å²) in [7, 11) is 4.73. The van der Waals surface area contributed by atoms with Gasteiger partial charge in [-0.2, -0.15) is 0 Å². The Kier molecular flexibility index (Phi) is 6.06. The minimum Gasteiger partial charge on any atom is -0.465 e. The Labute approximate surface area is 240 Å². The number of aromatic nitrogens is 4. The molecule has 0 bridgehead atoms. The molecule has 0 radical (unpaired) electrons. The van der Waals surface area contributed by atoms with E-state index in [1.165, 1.54) is 36.9 Å². The summed E-state index contributed by atoms with van der Waals surface area (Å²) in [5.41, 5.74) is 3.16. The number of nitrogens with zero attached hydrogens (tertiary/aromatic N) is 4. The van der Waals surface area contributed by atoms with Crippen LogP contribution < -0.4 is 10.6 Å². The van der Waals surface area contributed by atoms with Crippen LogP contribution >= 0.6 is 0 Å². The molecular formula is C29H29N7O6. The van der Waals surface area contributed by atoms with Crippen molar-refractivity contribution in [2.75, 3.05) is 24.3 Å². The van der Waals surface area contributed by atoms with Crippen LogP contribution in [0, 0.1) is 12.8 Å². The lowest BCUT2D eigenvalue weighted by Crippen LogP contribution is -2.33. The Morgan fingerprint density at radius 2 is 1.93 bits per heavy atom. The molecule has 1 saturated carbocycles. The van der Waals surface area contributed by atoms with Crippen molar-refractivity contribution in [3.63, 3.8) is 0 Å². The summed E-state index contributed by atoms with van der Waals surface area (Å²) in [6.07, 6.45) is 8.56. The molecule has 3 amide bonds. The van der Waals surface area contributed by atoms with Gasteiger partial charge in [-0.15, -0.1) is 0 Å². The van der Waals surface area contributed by atoms with Crippen LogP contribution in [0.1, 0.15) is 61.8 Å². The molecule has 3 N–H and O–H groups in total. The van der Waals surface area contributed by atoms with Gasteiger partial charge in [0, 0.05) is 80.2 Å². The van der Waals surface area contributed by atoms with Crippen molar-refractivity contribution in [2.24, 2.45) is 20.0 Å². The molecule has 6 rings (SSSR count). The minimum atomic E-state index is -0.561. The Morgan fingerprint density at radius 1 is 1.17 bits per heavy atom. The zero-order valence-electron chi connectivity index (χ0n) is 23.7. The zero-order chi connectivity index (χ0) is 30.1. The number of piperidine rings is 1. The molecule has 13 heteroatoms. The second kappa shape index (κ2) is 9.43. The predicted molar refractivity (Wildman–Crippen MR) is 151 cm³/mol. The largest absolute Gasteiger partial charge is 0.465 e. The number of H-pyrrole nitrogens is 1. The van der Waals surface area contributed by atoms with Crippen LogP contribution in [0.25, 0.3) is 6.08 Å². The van der Waals surface area contributed by atoms with Gasteiger partial charge in [0.2, 0.25) is 17.5 Å². The first-order valence-electron chi connectivity index (χ1n) is 13.3. The molecular weight excluding hydrogens is 542 g/mol. The van der Waals surface area contributed by atoms with E-state index < -0.39 is 17.3 Å². The summed E-state index contributed by atoms with van der Waals surface area (Å²) in [6, 6.07) is 1.71. The fraction of sp³-hybridized carbons (Fsp3) is 0.310. The van der Waals surface area contributed by atoms with Crippen LogP contribution in [0.5, 0.6) is 0 Å². The van der Waals surface area contributed by atoms with Gasteiger partial charge in [0.25, 0.3) is 11.8 Å². The van der Waals surface area contributed by atoms with Crippen LogP contribution in [0.3, 0.4) is 0 Å². The number of anilines is 2. The van der Waals surface area contributed by atoms with Crippen molar-refractivity contribution in [3.8, 4) is 0 Å².